The van der Waals surface area contributed by atoms with Gasteiger partial charge in [-0.05, 0) is 6.42 Å². The summed E-state index contributed by atoms with van der Waals surface area (Å²) >= 11 is 0. The molecule has 2 amide bonds. The first-order valence-electron chi connectivity index (χ1n) is 3.84. The van der Waals surface area contributed by atoms with E-state index in [0.717, 1.165) is 0 Å². The fourth-order valence-electron chi connectivity index (χ4n) is 0.918. The molecule has 4 nitrogen and oxygen atoms in total. The van der Waals surface area contributed by atoms with Crippen LogP contribution in [0.15, 0.2) is 0 Å². The molecule has 0 bridgehead atoms. The Kier molecular flexibility index (Phi) is 4.96. The van der Waals surface area contributed by atoms with Gasteiger partial charge in [0.25, 0.3) is 6.43 Å². The van der Waals surface area contributed by atoms with Gasteiger partial charge in [0.1, 0.15) is 0 Å². The minimum Gasteiger partial charge on any atom is -0.370 e. The first kappa shape index (κ1) is 12.7. The second-order valence-electron chi connectivity index (χ2n) is 2.86. The van der Waals surface area contributed by atoms with E-state index < -0.39 is 43.2 Å². The van der Waals surface area contributed by atoms with Crippen LogP contribution in [0.4, 0.5) is 13.2 Å². The number of halogens is 3. The predicted octanol–water partition coefficient (Wildman–Crippen LogP) is -0.0434. The Hall–Kier alpha value is -1.27. The highest BCUT2D eigenvalue weighted by Gasteiger charge is 2.27. The fraction of sp³-hybridized carbons (Fsp3) is 0.714. The van der Waals surface area contributed by atoms with Crippen molar-refractivity contribution in [3.05, 3.63) is 0 Å². The summed E-state index contributed by atoms with van der Waals surface area (Å²) in [6.07, 6.45) is -6.95. The highest BCUT2D eigenvalue weighted by molar-refractivity contribution is 5.83. The van der Waals surface area contributed by atoms with Gasteiger partial charge < -0.3 is 11.5 Å². The highest BCUT2D eigenvalue weighted by Crippen LogP contribution is 2.18. The van der Waals surface area contributed by atoms with E-state index >= 15 is 0 Å². The summed E-state index contributed by atoms with van der Waals surface area (Å²) in [7, 11) is 0. The van der Waals surface area contributed by atoms with E-state index in [2.05, 4.69) is 0 Å². The van der Waals surface area contributed by atoms with E-state index in [1.54, 1.807) is 0 Å². The van der Waals surface area contributed by atoms with Crippen molar-refractivity contribution in [3.8, 4) is 0 Å². The monoisotopic (exact) mass is 212 g/mol. The number of primary amides is 2. The minimum absolute atomic E-state index is 0.511. The van der Waals surface area contributed by atoms with E-state index in [-0.39, 0.29) is 0 Å². The third kappa shape index (κ3) is 4.68. The zero-order valence-electron chi connectivity index (χ0n) is 7.25. The Morgan fingerprint density at radius 2 is 1.64 bits per heavy atom. The quantitative estimate of drug-likeness (QED) is 0.647. The molecule has 7 heteroatoms. The number of amides is 2. The summed E-state index contributed by atoms with van der Waals surface area (Å²) in [6, 6.07) is 0. The lowest BCUT2D eigenvalue weighted by atomic mass is 9.97. The molecule has 0 aromatic rings. The van der Waals surface area contributed by atoms with Crippen LogP contribution in [0.1, 0.15) is 12.8 Å². The van der Waals surface area contributed by atoms with Crippen molar-refractivity contribution in [2.75, 3.05) is 0 Å². The molecule has 82 valence electrons. The van der Waals surface area contributed by atoms with Gasteiger partial charge in [0.2, 0.25) is 11.8 Å². The summed E-state index contributed by atoms with van der Waals surface area (Å²) < 4.78 is 36.0. The van der Waals surface area contributed by atoms with Crippen molar-refractivity contribution >= 4 is 11.8 Å². The SMILES string of the molecule is NC(=O)CC(CC(F)C(F)F)C(N)=O. The number of hydrogen-bond donors (Lipinski definition) is 2. The topological polar surface area (TPSA) is 86.2 Å². The first-order valence-corrected chi connectivity index (χ1v) is 3.84. The number of alkyl halides is 3. The number of rotatable bonds is 6. The van der Waals surface area contributed by atoms with Crippen LogP contribution in [0.5, 0.6) is 0 Å². The van der Waals surface area contributed by atoms with Gasteiger partial charge >= 0.3 is 0 Å². The molecule has 0 saturated heterocycles. The lowest BCUT2D eigenvalue weighted by Crippen LogP contribution is -2.31. The predicted molar refractivity (Wildman–Crippen MR) is 42.0 cm³/mol. The lowest BCUT2D eigenvalue weighted by molar-refractivity contribution is -0.128. The largest absolute Gasteiger partial charge is 0.370 e. The van der Waals surface area contributed by atoms with Crippen molar-refractivity contribution in [1.82, 2.24) is 0 Å². The Morgan fingerprint density at radius 1 is 1.14 bits per heavy atom. The summed E-state index contributed by atoms with van der Waals surface area (Å²) in [5.41, 5.74) is 9.50. The van der Waals surface area contributed by atoms with Crippen LogP contribution >= 0.6 is 0 Å². The normalized spacial score (nSPS) is 15.1. The third-order valence-electron chi connectivity index (χ3n) is 1.63. The minimum atomic E-state index is -3.19. The van der Waals surface area contributed by atoms with Gasteiger partial charge in [-0.25, -0.2) is 13.2 Å². The maximum absolute atomic E-state index is 12.5. The Balaban J connectivity index is 4.23. The molecule has 14 heavy (non-hydrogen) atoms. The average Bonchev–Trinajstić information content (AvgIpc) is 2.01. The summed E-state index contributed by atoms with van der Waals surface area (Å²) in [6.45, 7) is 0. The molecule has 0 aliphatic heterocycles. The molecule has 0 radical (unpaired) electrons. The number of carbonyl (C=O) groups excluding carboxylic acids is 2. The molecule has 0 aliphatic carbocycles. The average molecular weight is 212 g/mol. The Labute approximate surface area is 78.4 Å². The molecule has 4 N–H and O–H groups in total. The molecule has 0 aliphatic rings. The van der Waals surface area contributed by atoms with Crippen LogP contribution in [0.25, 0.3) is 0 Å². The van der Waals surface area contributed by atoms with Crippen molar-refractivity contribution in [2.24, 2.45) is 17.4 Å². The Bertz CT molecular complexity index is 223. The number of hydrogen-bond acceptors (Lipinski definition) is 2. The van der Waals surface area contributed by atoms with Crippen LogP contribution in [0, 0.1) is 5.92 Å². The van der Waals surface area contributed by atoms with Gasteiger partial charge in [0.15, 0.2) is 6.17 Å². The second-order valence-corrected chi connectivity index (χ2v) is 2.86. The van der Waals surface area contributed by atoms with Gasteiger partial charge in [0, 0.05) is 12.3 Å². The van der Waals surface area contributed by atoms with Crippen LogP contribution in [0.2, 0.25) is 0 Å². The zero-order chi connectivity index (χ0) is 11.3. The number of nitrogens with two attached hydrogens (primary N) is 2. The van der Waals surface area contributed by atoms with Gasteiger partial charge in [0.05, 0.1) is 0 Å². The maximum Gasteiger partial charge on any atom is 0.269 e. The van der Waals surface area contributed by atoms with Crippen LogP contribution in [-0.4, -0.2) is 24.4 Å². The third-order valence-corrected chi connectivity index (χ3v) is 1.63. The van der Waals surface area contributed by atoms with Gasteiger partial charge in [-0.15, -0.1) is 0 Å². The standard InChI is InChI=1S/C7H11F3N2O2/c8-4(6(9)10)1-3(7(12)14)2-5(11)13/h3-4,6H,1-2H2,(H2,11,13)(H2,12,14). The van der Waals surface area contributed by atoms with Crippen molar-refractivity contribution < 1.29 is 22.8 Å². The number of carbonyl (C=O) groups is 2. The smallest absolute Gasteiger partial charge is 0.269 e. The fourth-order valence-corrected chi connectivity index (χ4v) is 0.918. The molecule has 0 rings (SSSR count). The van der Waals surface area contributed by atoms with Gasteiger partial charge in [-0.2, -0.15) is 0 Å². The molecule has 2 atom stereocenters. The molecule has 2 unspecified atom stereocenters. The van der Waals surface area contributed by atoms with E-state index in [9.17, 15) is 22.8 Å². The van der Waals surface area contributed by atoms with Crippen LogP contribution in [0.3, 0.4) is 0 Å². The van der Waals surface area contributed by atoms with E-state index in [1.165, 1.54) is 0 Å². The van der Waals surface area contributed by atoms with E-state index in [0.29, 0.717) is 0 Å². The van der Waals surface area contributed by atoms with Crippen molar-refractivity contribution in [1.29, 1.82) is 0 Å². The molecule has 0 saturated carbocycles. The lowest BCUT2D eigenvalue weighted by Gasteiger charge is -2.13. The van der Waals surface area contributed by atoms with Crippen LogP contribution in [-0.2, 0) is 9.59 Å². The van der Waals surface area contributed by atoms with Crippen molar-refractivity contribution in [3.63, 3.8) is 0 Å². The molecular weight excluding hydrogens is 201 g/mol. The van der Waals surface area contributed by atoms with E-state index in [1.807, 2.05) is 0 Å². The maximum atomic E-state index is 12.5. The second kappa shape index (κ2) is 5.46. The first-order chi connectivity index (χ1) is 6.34. The van der Waals surface area contributed by atoms with Crippen LogP contribution < -0.4 is 11.5 Å². The zero-order valence-corrected chi connectivity index (χ0v) is 7.25. The Morgan fingerprint density at radius 3 is 1.93 bits per heavy atom. The molecule has 0 heterocycles. The summed E-state index contributed by atoms with van der Waals surface area (Å²) in [4.78, 5) is 21.0. The molecule has 0 fully saturated rings. The van der Waals surface area contributed by atoms with Gasteiger partial charge in [-0.1, -0.05) is 0 Å². The molecule has 0 aromatic heterocycles. The summed E-state index contributed by atoms with van der Waals surface area (Å²) in [5.74, 6) is -3.15. The van der Waals surface area contributed by atoms with Crippen molar-refractivity contribution in [2.45, 2.75) is 25.4 Å². The van der Waals surface area contributed by atoms with E-state index in [4.69, 9.17) is 11.5 Å². The molecular formula is C7H11F3N2O2. The molecule has 0 spiro atoms. The summed E-state index contributed by atoms with van der Waals surface area (Å²) in [5, 5.41) is 0. The van der Waals surface area contributed by atoms with Gasteiger partial charge in [-0.3, -0.25) is 9.59 Å². The highest BCUT2D eigenvalue weighted by atomic mass is 19.3. The molecule has 0 aromatic carbocycles.